The Kier molecular flexibility index (Phi) is 6.14. The second-order valence-corrected chi connectivity index (χ2v) is 12.3. The molecule has 2 aliphatic heterocycles. The van der Waals surface area contributed by atoms with Crippen molar-refractivity contribution in [1.29, 1.82) is 0 Å². The lowest BCUT2D eigenvalue weighted by Gasteiger charge is -2.26. The number of benzene rings is 1. The van der Waals surface area contributed by atoms with Crippen molar-refractivity contribution in [3.8, 4) is 0 Å². The summed E-state index contributed by atoms with van der Waals surface area (Å²) in [4.78, 5) is 13.1. The lowest BCUT2D eigenvalue weighted by Crippen LogP contribution is -2.40. The normalized spacial score (nSPS) is 21.5. The van der Waals surface area contributed by atoms with Crippen LogP contribution in [0.5, 0.6) is 0 Å². The quantitative estimate of drug-likeness (QED) is 0.677. The number of hydrogen-bond donors (Lipinski definition) is 1. The molecule has 0 spiro atoms. The Labute approximate surface area is 187 Å². The smallest absolute Gasteiger partial charge is 0.256 e. The molecule has 2 saturated heterocycles. The molecule has 32 heavy (non-hydrogen) atoms. The van der Waals surface area contributed by atoms with Gasteiger partial charge >= 0.3 is 0 Å². The van der Waals surface area contributed by atoms with Crippen LogP contribution in [0.1, 0.15) is 34.1 Å². The van der Waals surface area contributed by atoms with Gasteiger partial charge in [-0.2, -0.15) is 9.40 Å². The molecule has 2 aromatic rings. The van der Waals surface area contributed by atoms with E-state index in [2.05, 4.69) is 10.4 Å². The van der Waals surface area contributed by atoms with Gasteiger partial charge in [0.25, 0.3) is 5.91 Å². The third-order valence-electron chi connectivity index (χ3n) is 5.69. The van der Waals surface area contributed by atoms with Crippen molar-refractivity contribution in [1.82, 2.24) is 14.1 Å². The summed E-state index contributed by atoms with van der Waals surface area (Å²) in [5.74, 6) is -0.0491. The van der Waals surface area contributed by atoms with Crippen LogP contribution < -0.4 is 5.32 Å². The van der Waals surface area contributed by atoms with Crippen LogP contribution >= 0.6 is 0 Å². The van der Waals surface area contributed by atoms with Gasteiger partial charge in [0.2, 0.25) is 10.0 Å². The molecule has 0 aliphatic carbocycles. The van der Waals surface area contributed by atoms with Crippen molar-refractivity contribution in [2.75, 3.05) is 43.1 Å². The zero-order valence-electron chi connectivity index (χ0n) is 17.9. The maximum Gasteiger partial charge on any atom is 0.256 e. The average molecular weight is 483 g/mol. The van der Waals surface area contributed by atoms with E-state index in [1.54, 1.807) is 32.0 Å². The molecule has 2 aliphatic rings. The number of ether oxygens (including phenoxy) is 1. The van der Waals surface area contributed by atoms with E-state index in [1.165, 1.54) is 15.1 Å². The van der Waals surface area contributed by atoms with E-state index in [1.807, 2.05) is 0 Å². The van der Waals surface area contributed by atoms with Crippen LogP contribution in [0.25, 0.3) is 0 Å². The van der Waals surface area contributed by atoms with Gasteiger partial charge in [-0.25, -0.2) is 21.5 Å². The van der Waals surface area contributed by atoms with Gasteiger partial charge in [0.15, 0.2) is 9.84 Å². The zero-order valence-corrected chi connectivity index (χ0v) is 19.6. The van der Waals surface area contributed by atoms with Gasteiger partial charge in [-0.3, -0.25) is 4.79 Å². The maximum absolute atomic E-state index is 13.1. The predicted molar refractivity (Wildman–Crippen MR) is 118 cm³/mol. The molecule has 1 unspecified atom stereocenters. The third-order valence-corrected chi connectivity index (χ3v) is 9.48. The van der Waals surface area contributed by atoms with E-state index in [0.717, 1.165) is 0 Å². The molecule has 174 valence electrons. The highest BCUT2D eigenvalue weighted by Gasteiger charge is 2.32. The number of hydrogen-bond acceptors (Lipinski definition) is 7. The number of anilines is 1. The number of carbonyl (C=O) groups is 1. The fourth-order valence-electron chi connectivity index (χ4n) is 3.99. The topological polar surface area (TPSA) is 128 Å². The first-order valence-electron chi connectivity index (χ1n) is 10.3. The average Bonchev–Trinajstić information content (AvgIpc) is 3.29. The Balaban J connectivity index is 1.60. The lowest BCUT2D eigenvalue weighted by molar-refractivity contribution is 0.0730. The minimum Gasteiger partial charge on any atom is -0.379 e. The number of carbonyl (C=O) groups excluding carboxylic acids is 1. The molecule has 2 fully saturated rings. The van der Waals surface area contributed by atoms with Crippen LogP contribution in [0, 0.1) is 13.8 Å². The number of nitrogens with one attached hydrogen (secondary N) is 1. The first-order chi connectivity index (χ1) is 15.1. The van der Waals surface area contributed by atoms with Crippen LogP contribution in [0.4, 0.5) is 5.82 Å². The highest BCUT2D eigenvalue weighted by atomic mass is 32.2. The minimum atomic E-state index is -3.76. The molecular formula is C20H26N4O6S2. The number of aromatic nitrogens is 2. The van der Waals surface area contributed by atoms with Gasteiger partial charge in [0, 0.05) is 24.7 Å². The number of nitrogens with zero attached hydrogens (tertiary/aromatic N) is 3. The Morgan fingerprint density at radius 1 is 1.19 bits per heavy atom. The molecule has 3 heterocycles. The number of morpholine rings is 1. The minimum absolute atomic E-state index is 0.0243. The number of aryl methyl sites for hydroxylation is 2. The molecule has 1 aromatic heterocycles. The highest BCUT2D eigenvalue weighted by molar-refractivity contribution is 7.91. The molecule has 0 radical (unpaired) electrons. The first-order valence-corrected chi connectivity index (χ1v) is 13.6. The van der Waals surface area contributed by atoms with Crippen molar-refractivity contribution in [3.05, 3.63) is 41.1 Å². The third kappa shape index (κ3) is 4.58. The Bertz CT molecular complexity index is 1250. The second kappa shape index (κ2) is 8.58. The van der Waals surface area contributed by atoms with E-state index in [-0.39, 0.29) is 41.1 Å². The lowest BCUT2D eigenvalue weighted by atomic mass is 10.1. The van der Waals surface area contributed by atoms with Gasteiger partial charge in [-0.15, -0.1) is 0 Å². The molecule has 10 nitrogen and oxygen atoms in total. The van der Waals surface area contributed by atoms with Crippen molar-refractivity contribution in [2.24, 2.45) is 0 Å². The van der Waals surface area contributed by atoms with Crippen molar-refractivity contribution < 1.29 is 26.4 Å². The second-order valence-electron chi connectivity index (χ2n) is 8.12. The van der Waals surface area contributed by atoms with Crippen molar-refractivity contribution in [2.45, 2.75) is 31.2 Å². The molecule has 0 bridgehead atoms. The highest BCUT2D eigenvalue weighted by Crippen LogP contribution is 2.28. The first kappa shape index (κ1) is 22.9. The van der Waals surface area contributed by atoms with Gasteiger partial charge in [-0.1, -0.05) is 6.07 Å². The van der Waals surface area contributed by atoms with Gasteiger partial charge < -0.3 is 10.1 Å². The summed E-state index contributed by atoms with van der Waals surface area (Å²) in [6, 6.07) is 5.87. The number of sulfone groups is 1. The molecule has 1 amide bonds. The predicted octanol–water partition coefficient (Wildman–Crippen LogP) is 1.13. The van der Waals surface area contributed by atoms with E-state index >= 15 is 0 Å². The van der Waals surface area contributed by atoms with Crippen LogP contribution in [0.2, 0.25) is 0 Å². The molecular weight excluding hydrogens is 456 g/mol. The summed E-state index contributed by atoms with van der Waals surface area (Å²) < 4.78 is 58.1. The van der Waals surface area contributed by atoms with E-state index < -0.39 is 25.8 Å². The van der Waals surface area contributed by atoms with Gasteiger partial charge in [-0.05, 0) is 38.0 Å². The SMILES string of the molecule is Cc1cc(NC(=O)c2ccc(C)c(S(=O)(=O)N3CCOCC3)c2)n(C2CCS(=O)(=O)C2)n1. The summed E-state index contributed by atoms with van der Waals surface area (Å²) in [6.07, 6.45) is 0.429. The Morgan fingerprint density at radius 3 is 2.56 bits per heavy atom. The molecule has 1 atom stereocenters. The summed E-state index contributed by atoms with van der Waals surface area (Å²) in [6.45, 7) is 4.64. The van der Waals surface area contributed by atoms with Crippen LogP contribution in [-0.2, 0) is 24.6 Å². The van der Waals surface area contributed by atoms with E-state index in [9.17, 15) is 21.6 Å². The fraction of sp³-hybridized carbons (Fsp3) is 0.500. The Morgan fingerprint density at radius 2 is 1.91 bits per heavy atom. The number of sulfonamides is 1. The van der Waals surface area contributed by atoms with Crippen LogP contribution in [-0.4, -0.2) is 74.6 Å². The Hall–Kier alpha value is -2.28. The summed E-state index contributed by atoms with van der Waals surface area (Å²) >= 11 is 0. The monoisotopic (exact) mass is 482 g/mol. The van der Waals surface area contributed by atoms with E-state index in [4.69, 9.17) is 4.74 Å². The van der Waals surface area contributed by atoms with Crippen LogP contribution in [0.3, 0.4) is 0 Å². The number of amides is 1. The largest absolute Gasteiger partial charge is 0.379 e. The molecule has 4 rings (SSSR count). The van der Waals surface area contributed by atoms with E-state index in [0.29, 0.717) is 36.7 Å². The van der Waals surface area contributed by atoms with Crippen LogP contribution in [0.15, 0.2) is 29.2 Å². The molecule has 1 N–H and O–H groups in total. The van der Waals surface area contributed by atoms with Crippen molar-refractivity contribution in [3.63, 3.8) is 0 Å². The fourth-order valence-corrected chi connectivity index (χ4v) is 7.34. The zero-order chi connectivity index (χ0) is 23.1. The summed E-state index contributed by atoms with van der Waals surface area (Å²) in [5, 5.41) is 7.13. The van der Waals surface area contributed by atoms with Gasteiger partial charge in [0.1, 0.15) is 5.82 Å². The summed E-state index contributed by atoms with van der Waals surface area (Å²) in [7, 11) is -6.89. The van der Waals surface area contributed by atoms with Crippen molar-refractivity contribution >= 4 is 31.6 Å². The standard InChI is InChI=1S/C20H26N4O6S2/c1-14-3-4-16(12-18(14)32(28,29)23-6-8-30-9-7-23)20(25)21-19-11-15(2)22-24(19)17-5-10-31(26,27)13-17/h3-4,11-12,17H,5-10,13H2,1-2H3,(H,21,25). The molecule has 12 heteroatoms. The maximum atomic E-state index is 13.1. The summed E-state index contributed by atoms with van der Waals surface area (Å²) in [5.41, 5.74) is 1.38. The molecule has 1 aromatic carbocycles. The number of rotatable bonds is 5. The molecule has 0 saturated carbocycles. The van der Waals surface area contributed by atoms with Gasteiger partial charge in [0.05, 0.1) is 41.4 Å².